The van der Waals surface area contributed by atoms with Crippen LogP contribution in [0.25, 0.3) is 11.0 Å². The van der Waals surface area contributed by atoms with Crippen LogP contribution >= 0.6 is 0 Å². The lowest BCUT2D eigenvalue weighted by Gasteiger charge is -2.03. The smallest absolute Gasteiger partial charge is 0.197 e. The minimum atomic E-state index is -1.23. The number of fused-ring (bicyclic) bond motifs is 1. The van der Waals surface area contributed by atoms with Crippen LogP contribution < -0.4 is 4.74 Å². The molecule has 5 nitrogen and oxygen atoms in total. The number of rotatable bonds is 4. The van der Waals surface area contributed by atoms with Crippen LogP contribution in [0, 0.1) is 0 Å². The molecule has 0 radical (unpaired) electrons. The van der Waals surface area contributed by atoms with Crippen molar-refractivity contribution in [2.75, 3.05) is 7.11 Å². The van der Waals surface area contributed by atoms with Gasteiger partial charge < -0.3 is 9.72 Å². The SMILES string of the molecule is COc1cccc(CS(=O)c2nc3ccncc3[nH]2)c1. The third-order valence-corrected chi connectivity index (χ3v) is 4.13. The fourth-order valence-corrected chi connectivity index (χ4v) is 2.97. The van der Waals surface area contributed by atoms with E-state index in [-0.39, 0.29) is 0 Å². The highest BCUT2D eigenvalue weighted by Crippen LogP contribution is 2.17. The van der Waals surface area contributed by atoms with Crippen LogP contribution in [0.1, 0.15) is 5.56 Å². The summed E-state index contributed by atoms with van der Waals surface area (Å²) in [5.41, 5.74) is 2.51. The van der Waals surface area contributed by atoms with Crippen LogP contribution in [-0.4, -0.2) is 26.3 Å². The number of methoxy groups -OCH3 is 1. The van der Waals surface area contributed by atoms with Crippen molar-refractivity contribution in [2.24, 2.45) is 0 Å². The third kappa shape index (κ3) is 2.55. The van der Waals surface area contributed by atoms with Gasteiger partial charge in [0, 0.05) is 6.20 Å². The quantitative estimate of drug-likeness (QED) is 0.799. The molecule has 6 heteroatoms. The Morgan fingerprint density at radius 3 is 3.05 bits per heavy atom. The van der Waals surface area contributed by atoms with Gasteiger partial charge in [-0.25, -0.2) is 4.98 Å². The molecular weight excluding hydrogens is 274 g/mol. The molecule has 0 saturated carbocycles. The summed E-state index contributed by atoms with van der Waals surface area (Å²) in [6.07, 6.45) is 3.34. The Labute approximate surface area is 118 Å². The summed E-state index contributed by atoms with van der Waals surface area (Å²) in [5.74, 6) is 1.15. The van der Waals surface area contributed by atoms with Gasteiger partial charge in [0.05, 0.1) is 40.9 Å². The third-order valence-electron chi connectivity index (χ3n) is 2.91. The van der Waals surface area contributed by atoms with Gasteiger partial charge in [-0.3, -0.25) is 9.19 Å². The van der Waals surface area contributed by atoms with Gasteiger partial charge in [0.25, 0.3) is 0 Å². The van der Waals surface area contributed by atoms with Crippen LogP contribution in [0.15, 0.2) is 47.9 Å². The highest BCUT2D eigenvalue weighted by Gasteiger charge is 2.11. The number of hydrogen-bond donors (Lipinski definition) is 1. The van der Waals surface area contributed by atoms with E-state index >= 15 is 0 Å². The molecule has 102 valence electrons. The fraction of sp³-hybridized carbons (Fsp3) is 0.143. The summed E-state index contributed by atoms with van der Waals surface area (Å²) < 4.78 is 17.5. The van der Waals surface area contributed by atoms with Crippen molar-refractivity contribution >= 4 is 21.8 Å². The predicted octanol–water partition coefficient (Wildman–Crippen LogP) is 2.27. The van der Waals surface area contributed by atoms with E-state index in [0.29, 0.717) is 10.9 Å². The highest BCUT2D eigenvalue weighted by molar-refractivity contribution is 7.84. The standard InChI is InChI=1S/C14H13N3O2S/c1-19-11-4-2-3-10(7-11)9-20(18)14-16-12-5-6-15-8-13(12)17-14/h2-8H,9H2,1H3,(H,16,17). The summed E-state index contributed by atoms with van der Waals surface area (Å²) in [6.45, 7) is 0. The first-order valence-corrected chi connectivity index (χ1v) is 7.39. The Morgan fingerprint density at radius 2 is 2.25 bits per heavy atom. The van der Waals surface area contributed by atoms with Gasteiger partial charge in [0.1, 0.15) is 5.75 Å². The second-order valence-electron chi connectivity index (χ2n) is 4.28. The van der Waals surface area contributed by atoms with E-state index in [0.717, 1.165) is 22.3 Å². The number of aromatic amines is 1. The molecule has 20 heavy (non-hydrogen) atoms. The van der Waals surface area contributed by atoms with Gasteiger partial charge >= 0.3 is 0 Å². The molecule has 1 aromatic carbocycles. The molecule has 0 aliphatic carbocycles. The van der Waals surface area contributed by atoms with E-state index < -0.39 is 10.8 Å². The first kappa shape index (κ1) is 12.8. The number of nitrogens with zero attached hydrogens (tertiary/aromatic N) is 2. The molecule has 2 heterocycles. The van der Waals surface area contributed by atoms with Gasteiger partial charge in [-0.05, 0) is 23.8 Å². The van der Waals surface area contributed by atoms with Crippen molar-refractivity contribution < 1.29 is 8.95 Å². The van der Waals surface area contributed by atoms with Gasteiger partial charge in [0.15, 0.2) is 5.16 Å². The number of benzene rings is 1. The zero-order valence-electron chi connectivity index (χ0n) is 10.9. The normalized spacial score (nSPS) is 12.4. The first-order chi connectivity index (χ1) is 9.76. The lowest BCUT2D eigenvalue weighted by atomic mass is 10.2. The number of pyridine rings is 1. The minimum absolute atomic E-state index is 0.393. The maximum absolute atomic E-state index is 12.3. The van der Waals surface area contributed by atoms with Gasteiger partial charge in [0.2, 0.25) is 0 Å². The van der Waals surface area contributed by atoms with Gasteiger partial charge in [-0.2, -0.15) is 0 Å². The van der Waals surface area contributed by atoms with Crippen molar-refractivity contribution in [3.63, 3.8) is 0 Å². The Morgan fingerprint density at radius 1 is 1.35 bits per heavy atom. The maximum Gasteiger partial charge on any atom is 0.197 e. The lowest BCUT2D eigenvalue weighted by Crippen LogP contribution is -1.98. The molecule has 0 fully saturated rings. The van der Waals surface area contributed by atoms with E-state index in [9.17, 15) is 4.21 Å². The largest absolute Gasteiger partial charge is 0.497 e. The molecule has 1 N–H and O–H groups in total. The van der Waals surface area contributed by atoms with Crippen molar-refractivity contribution in [1.29, 1.82) is 0 Å². The fourth-order valence-electron chi connectivity index (χ4n) is 1.92. The molecule has 3 rings (SSSR count). The first-order valence-electron chi connectivity index (χ1n) is 6.07. The predicted molar refractivity (Wildman–Crippen MR) is 77.0 cm³/mol. The maximum atomic E-state index is 12.3. The molecule has 2 aromatic heterocycles. The molecule has 3 aromatic rings. The second kappa shape index (κ2) is 5.42. The Kier molecular flexibility index (Phi) is 3.47. The zero-order valence-corrected chi connectivity index (χ0v) is 11.7. The van der Waals surface area contributed by atoms with E-state index in [1.807, 2.05) is 24.3 Å². The molecular formula is C14H13N3O2S. The molecule has 0 saturated heterocycles. The Hall–Kier alpha value is -2.21. The summed E-state index contributed by atoms with van der Waals surface area (Å²) in [6, 6.07) is 9.33. The van der Waals surface area contributed by atoms with E-state index in [2.05, 4.69) is 15.0 Å². The molecule has 1 atom stereocenters. The number of hydrogen-bond acceptors (Lipinski definition) is 4. The molecule has 0 aliphatic rings. The van der Waals surface area contributed by atoms with Crippen LogP contribution in [-0.2, 0) is 16.6 Å². The van der Waals surface area contributed by atoms with Crippen molar-refractivity contribution in [3.05, 3.63) is 48.3 Å². The van der Waals surface area contributed by atoms with Crippen LogP contribution in [0.2, 0.25) is 0 Å². The van der Waals surface area contributed by atoms with Crippen LogP contribution in [0.4, 0.5) is 0 Å². The molecule has 0 amide bonds. The molecule has 1 unspecified atom stereocenters. The Bertz CT molecular complexity index is 737. The summed E-state index contributed by atoms with van der Waals surface area (Å²) in [4.78, 5) is 11.4. The van der Waals surface area contributed by atoms with E-state index in [1.54, 1.807) is 25.6 Å². The van der Waals surface area contributed by atoms with Gasteiger partial charge in [-0.15, -0.1) is 0 Å². The summed E-state index contributed by atoms with van der Waals surface area (Å²) >= 11 is 0. The number of aromatic nitrogens is 3. The van der Waals surface area contributed by atoms with Crippen LogP contribution in [0.5, 0.6) is 5.75 Å². The summed E-state index contributed by atoms with van der Waals surface area (Å²) in [5, 5.41) is 0.468. The highest BCUT2D eigenvalue weighted by atomic mass is 32.2. The second-order valence-corrected chi connectivity index (χ2v) is 5.64. The number of imidazole rings is 1. The van der Waals surface area contributed by atoms with Crippen molar-refractivity contribution in [3.8, 4) is 5.75 Å². The minimum Gasteiger partial charge on any atom is -0.497 e. The zero-order chi connectivity index (χ0) is 13.9. The Balaban J connectivity index is 1.85. The number of nitrogens with one attached hydrogen (secondary N) is 1. The average Bonchev–Trinajstić information content (AvgIpc) is 2.91. The number of ether oxygens (including phenoxy) is 1. The van der Waals surface area contributed by atoms with E-state index in [1.165, 1.54) is 0 Å². The molecule has 0 bridgehead atoms. The molecule has 0 aliphatic heterocycles. The van der Waals surface area contributed by atoms with Crippen molar-refractivity contribution in [2.45, 2.75) is 10.9 Å². The van der Waals surface area contributed by atoms with Gasteiger partial charge in [-0.1, -0.05) is 12.1 Å². The average molecular weight is 287 g/mol. The summed E-state index contributed by atoms with van der Waals surface area (Å²) in [7, 11) is 0.386. The topological polar surface area (TPSA) is 67.9 Å². The number of H-pyrrole nitrogens is 1. The van der Waals surface area contributed by atoms with Crippen molar-refractivity contribution in [1.82, 2.24) is 15.0 Å². The lowest BCUT2D eigenvalue weighted by molar-refractivity contribution is 0.414. The van der Waals surface area contributed by atoms with E-state index in [4.69, 9.17) is 4.74 Å². The molecule has 0 spiro atoms. The monoisotopic (exact) mass is 287 g/mol. The van der Waals surface area contributed by atoms with Crippen LogP contribution in [0.3, 0.4) is 0 Å².